The van der Waals surface area contributed by atoms with E-state index in [1.165, 1.54) is 6.07 Å². The molecule has 0 bridgehead atoms. The number of phenolic OH excluding ortho intramolecular Hbond substituents is 1. The Morgan fingerprint density at radius 3 is 3.00 bits per heavy atom. The van der Waals surface area contributed by atoms with Crippen LogP contribution in [-0.4, -0.2) is 24.0 Å². The average molecular weight is 205 g/mol. The van der Waals surface area contributed by atoms with Gasteiger partial charge in [-0.3, -0.25) is 4.79 Å². The molecule has 0 spiro atoms. The molecule has 80 valence electrons. The smallest absolute Gasteiger partial charge is 0.167 e. The summed E-state index contributed by atoms with van der Waals surface area (Å²) in [6.45, 7) is 1.76. The van der Waals surface area contributed by atoms with Gasteiger partial charge in [-0.25, -0.2) is 0 Å². The highest BCUT2D eigenvalue weighted by Gasteiger charge is 2.22. The number of carbonyl (C=O) groups is 1. The lowest BCUT2D eigenvalue weighted by atomic mass is 9.91. The first-order chi connectivity index (χ1) is 7.27. The topological polar surface area (TPSA) is 49.3 Å². The molecule has 2 rings (SSSR count). The summed E-state index contributed by atoms with van der Waals surface area (Å²) in [6, 6.07) is 6.59. The molecule has 1 aliphatic rings. The fourth-order valence-electron chi connectivity index (χ4n) is 1.97. The molecule has 0 aliphatic carbocycles. The number of hydrogen-bond acceptors (Lipinski definition) is 3. The molecule has 1 unspecified atom stereocenters. The first-order valence-electron chi connectivity index (χ1n) is 5.31. The minimum absolute atomic E-state index is 0.0700. The van der Waals surface area contributed by atoms with Gasteiger partial charge in [0.2, 0.25) is 0 Å². The lowest BCUT2D eigenvalue weighted by Gasteiger charge is -2.21. The Bertz CT molecular complexity index is 356. The van der Waals surface area contributed by atoms with Gasteiger partial charge in [-0.1, -0.05) is 12.1 Å². The van der Waals surface area contributed by atoms with Crippen LogP contribution in [0, 0.1) is 5.92 Å². The van der Waals surface area contributed by atoms with Crippen LogP contribution in [0.1, 0.15) is 23.2 Å². The lowest BCUT2D eigenvalue weighted by molar-refractivity contribution is 0.0899. The number of phenols is 1. The van der Waals surface area contributed by atoms with Crippen LogP contribution in [0.15, 0.2) is 24.3 Å². The minimum Gasteiger partial charge on any atom is -0.508 e. The summed E-state index contributed by atoms with van der Waals surface area (Å²) in [4.78, 5) is 12.0. The van der Waals surface area contributed by atoms with Crippen LogP contribution >= 0.6 is 0 Å². The van der Waals surface area contributed by atoms with E-state index in [1.54, 1.807) is 18.2 Å². The molecule has 1 aromatic rings. The summed E-state index contributed by atoms with van der Waals surface area (Å²) in [7, 11) is 0. The largest absolute Gasteiger partial charge is 0.508 e. The van der Waals surface area contributed by atoms with Crippen molar-refractivity contribution < 1.29 is 9.90 Å². The van der Waals surface area contributed by atoms with Gasteiger partial charge in [-0.15, -0.1) is 0 Å². The van der Waals surface area contributed by atoms with Crippen LogP contribution in [-0.2, 0) is 0 Å². The molecule has 3 heteroatoms. The number of nitrogens with one attached hydrogen (secondary N) is 1. The van der Waals surface area contributed by atoms with Gasteiger partial charge in [0.1, 0.15) is 5.75 Å². The fourth-order valence-corrected chi connectivity index (χ4v) is 1.97. The third-order valence-corrected chi connectivity index (χ3v) is 2.80. The van der Waals surface area contributed by atoms with E-state index in [0.717, 1.165) is 25.9 Å². The third kappa shape index (κ3) is 2.36. The Hall–Kier alpha value is -1.35. The predicted octanol–water partition coefficient (Wildman–Crippen LogP) is 1.57. The summed E-state index contributed by atoms with van der Waals surface area (Å²) >= 11 is 0. The maximum Gasteiger partial charge on any atom is 0.167 e. The highest BCUT2D eigenvalue weighted by Crippen LogP contribution is 2.19. The summed E-state index contributed by atoms with van der Waals surface area (Å²) < 4.78 is 0. The van der Waals surface area contributed by atoms with Gasteiger partial charge >= 0.3 is 0 Å². The number of rotatable bonds is 2. The van der Waals surface area contributed by atoms with E-state index < -0.39 is 0 Å². The van der Waals surface area contributed by atoms with Crippen molar-refractivity contribution in [2.45, 2.75) is 12.8 Å². The van der Waals surface area contributed by atoms with E-state index >= 15 is 0 Å². The van der Waals surface area contributed by atoms with Crippen LogP contribution in [0.5, 0.6) is 5.75 Å². The molecular weight excluding hydrogens is 190 g/mol. The van der Waals surface area contributed by atoms with Gasteiger partial charge in [0.25, 0.3) is 0 Å². The number of piperidine rings is 1. The number of Topliss-reactive ketones (excluding diaryl/α,β-unsaturated/α-hetero) is 1. The Kier molecular flexibility index (Phi) is 3.02. The molecular formula is C12H15NO2. The molecule has 3 nitrogen and oxygen atoms in total. The van der Waals surface area contributed by atoms with Gasteiger partial charge in [0.15, 0.2) is 5.78 Å². The number of benzene rings is 1. The monoisotopic (exact) mass is 205 g/mol. The number of ketones is 1. The molecule has 0 aromatic heterocycles. The number of carbonyl (C=O) groups excluding carboxylic acids is 1. The predicted molar refractivity (Wildman–Crippen MR) is 58.0 cm³/mol. The average Bonchev–Trinajstić information content (AvgIpc) is 2.29. The zero-order chi connectivity index (χ0) is 10.7. The van der Waals surface area contributed by atoms with E-state index in [4.69, 9.17) is 0 Å². The molecule has 1 fully saturated rings. The van der Waals surface area contributed by atoms with E-state index in [1.807, 2.05) is 0 Å². The van der Waals surface area contributed by atoms with Crippen molar-refractivity contribution in [1.82, 2.24) is 5.32 Å². The molecule has 1 heterocycles. The summed E-state index contributed by atoms with van der Waals surface area (Å²) in [5.74, 6) is 0.364. The molecule has 0 saturated carbocycles. The Balaban J connectivity index is 2.12. The molecule has 1 aliphatic heterocycles. The minimum atomic E-state index is 0.0700. The van der Waals surface area contributed by atoms with Gasteiger partial charge < -0.3 is 10.4 Å². The molecule has 0 radical (unpaired) electrons. The first kappa shape index (κ1) is 10.2. The second kappa shape index (κ2) is 4.45. The van der Waals surface area contributed by atoms with Gasteiger partial charge in [0, 0.05) is 18.0 Å². The van der Waals surface area contributed by atoms with Crippen LogP contribution in [0.4, 0.5) is 0 Å². The standard InChI is InChI=1S/C12H15NO2/c14-11-5-1-3-9(7-11)12(15)10-4-2-6-13-8-10/h1,3,5,7,10,13-14H,2,4,6,8H2. The van der Waals surface area contributed by atoms with E-state index in [9.17, 15) is 9.90 Å². The highest BCUT2D eigenvalue weighted by atomic mass is 16.3. The Morgan fingerprint density at radius 2 is 2.33 bits per heavy atom. The van der Waals surface area contributed by atoms with Crippen LogP contribution in [0.2, 0.25) is 0 Å². The van der Waals surface area contributed by atoms with Crippen molar-refractivity contribution >= 4 is 5.78 Å². The maximum absolute atomic E-state index is 12.0. The van der Waals surface area contributed by atoms with Crippen molar-refractivity contribution in [2.75, 3.05) is 13.1 Å². The van der Waals surface area contributed by atoms with Gasteiger partial charge in [-0.2, -0.15) is 0 Å². The van der Waals surface area contributed by atoms with Crippen molar-refractivity contribution in [2.24, 2.45) is 5.92 Å². The molecule has 1 saturated heterocycles. The first-order valence-corrected chi connectivity index (χ1v) is 5.31. The molecule has 0 amide bonds. The van der Waals surface area contributed by atoms with Crippen LogP contribution < -0.4 is 5.32 Å². The second-order valence-corrected chi connectivity index (χ2v) is 3.96. The Morgan fingerprint density at radius 1 is 1.47 bits per heavy atom. The summed E-state index contributed by atoms with van der Waals surface area (Å²) in [5, 5.41) is 12.5. The summed E-state index contributed by atoms with van der Waals surface area (Å²) in [6.07, 6.45) is 2.00. The van der Waals surface area contributed by atoms with E-state index in [-0.39, 0.29) is 17.5 Å². The number of aromatic hydroxyl groups is 1. The zero-order valence-corrected chi connectivity index (χ0v) is 8.57. The molecule has 2 N–H and O–H groups in total. The molecule has 1 atom stereocenters. The summed E-state index contributed by atoms with van der Waals surface area (Å²) in [5.41, 5.74) is 0.615. The normalized spacial score (nSPS) is 21.2. The van der Waals surface area contributed by atoms with Crippen molar-refractivity contribution in [3.63, 3.8) is 0 Å². The maximum atomic E-state index is 12.0. The van der Waals surface area contributed by atoms with E-state index in [0.29, 0.717) is 5.56 Å². The fraction of sp³-hybridized carbons (Fsp3) is 0.417. The van der Waals surface area contributed by atoms with Crippen molar-refractivity contribution in [3.8, 4) is 5.75 Å². The van der Waals surface area contributed by atoms with Crippen molar-refractivity contribution in [3.05, 3.63) is 29.8 Å². The number of hydrogen-bond donors (Lipinski definition) is 2. The van der Waals surface area contributed by atoms with E-state index in [2.05, 4.69) is 5.32 Å². The Labute approximate surface area is 89.1 Å². The SMILES string of the molecule is O=C(c1cccc(O)c1)C1CCCNC1. The van der Waals surface area contributed by atoms with Gasteiger partial charge in [0.05, 0.1) is 0 Å². The molecule has 1 aromatic carbocycles. The zero-order valence-electron chi connectivity index (χ0n) is 8.57. The lowest BCUT2D eigenvalue weighted by Crippen LogP contribution is -2.34. The van der Waals surface area contributed by atoms with Gasteiger partial charge in [-0.05, 0) is 31.5 Å². The van der Waals surface area contributed by atoms with Crippen LogP contribution in [0.25, 0.3) is 0 Å². The van der Waals surface area contributed by atoms with Crippen molar-refractivity contribution in [1.29, 1.82) is 0 Å². The third-order valence-electron chi connectivity index (χ3n) is 2.80. The molecule has 15 heavy (non-hydrogen) atoms. The quantitative estimate of drug-likeness (QED) is 0.721. The second-order valence-electron chi connectivity index (χ2n) is 3.96. The highest BCUT2D eigenvalue weighted by molar-refractivity contribution is 5.98. The van der Waals surface area contributed by atoms with Crippen LogP contribution in [0.3, 0.4) is 0 Å².